The van der Waals surface area contributed by atoms with E-state index in [0.29, 0.717) is 31.9 Å². The van der Waals surface area contributed by atoms with Crippen molar-refractivity contribution in [2.75, 3.05) is 33.0 Å². The zero-order valence-electron chi connectivity index (χ0n) is 11.9. The van der Waals surface area contributed by atoms with Crippen molar-refractivity contribution < 1.29 is 14.3 Å². The van der Waals surface area contributed by atoms with Crippen LogP contribution in [-0.2, 0) is 4.79 Å². The van der Waals surface area contributed by atoms with Crippen LogP contribution >= 0.6 is 0 Å². The monoisotopic (exact) mass is 287 g/mol. The van der Waals surface area contributed by atoms with Gasteiger partial charge >= 0.3 is 0 Å². The highest BCUT2D eigenvalue weighted by atomic mass is 16.7. The number of carbonyl (C=O) groups excluding carboxylic acids is 1. The largest absolute Gasteiger partial charge is 0.454 e. The van der Waals surface area contributed by atoms with Gasteiger partial charge in [0.25, 0.3) is 0 Å². The summed E-state index contributed by atoms with van der Waals surface area (Å²) < 4.78 is 10.7. The van der Waals surface area contributed by atoms with Crippen LogP contribution in [-0.4, -0.2) is 48.7 Å². The van der Waals surface area contributed by atoms with Crippen LogP contribution in [0.4, 0.5) is 0 Å². The van der Waals surface area contributed by atoms with Crippen LogP contribution < -0.4 is 9.47 Å². The Hall–Kier alpha value is -2.26. The molecule has 1 unspecified atom stereocenters. The summed E-state index contributed by atoms with van der Waals surface area (Å²) in [6.45, 7) is 4.54. The predicted molar refractivity (Wildman–Crippen MR) is 74.7 cm³/mol. The Bertz CT molecular complexity index is 588. The third kappa shape index (κ3) is 2.65. The first-order valence-electron chi connectivity index (χ1n) is 6.98. The van der Waals surface area contributed by atoms with Crippen molar-refractivity contribution in [2.45, 2.75) is 13.0 Å². The molecular formula is C15H17N3O3. The van der Waals surface area contributed by atoms with E-state index >= 15 is 0 Å². The molecule has 0 bridgehead atoms. The molecule has 1 aromatic carbocycles. The van der Waals surface area contributed by atoms with Crippen LogP contribution in [0.5, 0.6) is 11.5 Å². The molecule has 1 fully saturated rings. The minimum absolute atomic E-state index is 0.0891. The summed E-state index contributed by atoms with van der Waals surface area (Å²) in [7, 11) is 0. The van der Waals surface area contributed by atoms with Gasteiger partial charge in [-0.3, -0.25) is 9.69 Å². The van der Waals surface area contributed by atoms with Crippen molar-refractivity contribution in [1.82, 2.24) is 9.80 Å². The van der Waals surface area contributed by atoms with Crippen LogP contribution in [0, 0.1) is 11.3 Å². The fourth-order valence-electron chi connectivity index (χ4n) is 2.75. The summed E-state index contributed by atoms with van der Waals surface area (Å²) in [6.07, 6.45) is 0. The normalized spacial score (nSPS) is 19.1. The lowest BCUT2D eigenvalue weighted by molar-refractivity contribution is -0.130. The van der Waals surface area contributed by atoms with Crippen LogP contribution in [0.3, 0.4) is 0 Å². The van der Waals surface area contributed by atoms with Crippen molar-refractivity contribution in [3.8, 4) is 17.6 Å². The summed E-state index contributed by atoms with van der Waals surface area (Å²) >= 11 is 0. The molecule has 110 valence electrons. The molecule has 0 radical (unpaired) electrons. The van der Waals surface area contributed by atoms with Crippen molar-refractivity contribution in [1.29, 1.82) is 5.26 Å². The summed E-state index contributed by atoms with van der Waals surface area (Å²) in [5.41, 5.74) is 0.901. The molecule has 0 aliphatic carbocycles. The van der Waals surface area contributed by atoms with Crippen molar-refractivity contribution >= 4 is 5.91 Å². The first kappa shape index (κ1) is 13.7. The van der Waals surface area contributed by atoms with Gasteiger partial charge in [0.2, 0.25) is 12.7 Å². The van der Waals surface area contributed by atoms with Crippen molar-refractivity contribution in [2.24, 2.45) is 0 Å². The molecule has 2 aliphatic rings. The number of carbonyl (C=O) groups is 1. The van der Waals surface area contributed by atoms with Gasteiger partial charge in [0, 0.05) is 33.1 Å². The lowest BCUT2D eigenvalue weighted by Crippen LogP contribution is -2.48. The summed E-state index contributed by atoms with van der Waals surface area (Å²) in [5.74, 6) is 1.50. The van der Waals surface area contributed by atoms with Crippen molar-refractivity contribution in [3.05, 3.63) is 23.8 Å². The molecule has 1 aromatic rings. The van der Waals surface area contributed by atoms with Crippen molar-refractivity contribution in [3.63, 3.8) is 0 Å². The van der Waals surface area contributed by atoms with Crippen LogP contribution in [0.15, 0.2) is 18.2 Å². The fraction of sp³-hybridized carbons (Fsp3) is 0.467. The standard InChI is InChI=1S/C15H17N3O3/c1-11(19)17-4-6-18(7-5-17)13(9-16)12-2-3-14-15(8-12)21-10-20-14/h2-3,8,13H,4-7,10H2,1H3. The van der Waals surface area contributed by atoms with E-state index < -0.39 is 0 Å². The van der Waals surface area contributed by atoms with Crippen LogP contribution in [0.25, 0.3) is 0 Å². The van der Waals surface area contributed by atoms with Gasteiger partial charge < -0.3 is 14.4 Å². The molecule has 6 nitrogen and oxygen atoms in total. The van der Waals surface area contributed by atoms with Gasteiger partial charge in [0.1, 0.15) is 6.04 Å². The van der Waals surface area contributed by atoms with Gasteiger partial charge in [-0.2, -0.15) is 5.26 Å². The average molecular weight is 287 g/mol. The number of ether oxygens (including phenoxy) is 2. The SMILES string of the molecule is CC(=O)N1CCN(C(C#N)c2ccc3c(c2)OCO3)CC1. The van der Waals surface area contributed by atoms with Crippen LogP contribution in [0.1, 0.15) is 18.5 Å². The molecule has 1 amide bonds. The second-order valence-corrected chi connectivity index (χ2v) is 5.19. The molecule has 6 heteroatoms. The third-order valence-corrected chi connectivity index (χ3v) is 3.96. The Morgan fingerprint density at radius 3 is 2.62 bits per heavy atom. The van der Waals surface area contributed by atoms with E-state index in [1.165, 1.54) is 0 Å². The van der Waals surface area contributed by atoms with Gasteiger partial charge in [-0.15, -0.1) is 0 Å². The Morgan fingerprint density at radius 1 is 1.24 bits per heavy atom. The van der Waals surface area contributed by atoms with E-state index in [2.05, 4.69) is 11.0 Å². The number of rotatable bonds is 2. The van der Waals surface area contributed by atoms with E-state index in [0.717, 1.165) is 11.3 Å². The molecular weight excluding hydrogens is 270 g/mol. The summed E-state index contributed by atoms with van der Waals surface area (Å²) in [4.78, 5) is 15.3. The Balaban J connectivity index is 1.74. The van der Waals surface area contributed by atoms with Gasteiger partial charge in [-0.1, -0.05) is 6.07 Å². The number of amides is 1. The maximum atomic E-state index is 11.4. The zero-order chi connectivity index (χ0) is 14.8. The first-order chi connectivity index (χ1) is 10.2. The molecule has 3 rings (SSSR count). The predicted octanol–water partition coefficient (Wildman–Crippen LogP) is 1.14. The lowest BCUT2D eigenvalue weighted by atomic mass is 10.0. The molecule has 2 heterocycles. The van der Waals surface area contributed by atoms with Gasteiger partial charge in [0.15, 0.2) is 11.5 Å². The van der Waals surface area contributed by atoms with E-state index in [9.17, 15) is 10.1 Å². The number of hydrogen-bond donors (Lipinski definition) is 0. The Kier molecular flexibility index (Phi) is 3.67. The van der Waals surface area contributed by atoms with Crippen LogP contribution in [0.2, 0.25) is 0 Å². The number of hydrogen-bond acceptors (Lipinski definition) is 5. The van der Waals surface area contributed by atoms with E-state index in [1.54, 1.807) is 6.92 Å². The Morgan fingerprint density at radius 2 is 1.95 bits per heavy atom. The number of nitrogens with zero attached hydrogens (tertiary/aromatic N) is 3. The number of piperazine rings is 1. The Labute approximate surface area is 123 Å². The first-order valence-corrected chi connectivity index (χ1v) is 6.98. The highest BCUT2D eigenvalue weighted by molar-refractivity contribution is 5.73. The number of benzene rings is 1. The van der Waals surface area contributed by atoms with E-state index in [4.69, 9.17) is 9.47 Å². The molecule has 0 saturated carbocycles. The number of fused-ring (bicyclic) bond motifs is 1. The molecule has 0 spiro atoms. The quantitative estimate of drug-likeness (QED) is 0.816. The van der Waals surface area contributed by atoms with Gasteiger partial charge in [0.05, 0.1) is 6.07 Å². The minimum atomic E-state index is -0.325. The summed E-state index contributed by atoms with van der Waals surface area (Å²) in [5, 5.41) is 9.51. The molecule has 1 saturated heterocycles. The minimum Gasteiger partial charge on any atom is -0.454 e. The molecule has 2 aliphatic heterocycles. The molecule has 1 atom stereocenters. The molecule has 0 N–H and O–H groups in total. The maximum absolute atomic E-state index is 11.4. The maximum Gasteiger partial charge on any atom is 0.231 e. The topological polar surface area (TPSA) is 65.8 Å². The van der Waals surface area contributed by atoms with Gasteiger partial charge in [-0.25, -0.2) is 0 Å². The van der Waals surface area contributed by atoms with E-state index in [1.807, 2.05) is 23.1 Å². The fourth-order valence-corrected chi connectivity index (χ4v) is 2.75. The smallest absolute Gasteiger partial charge is 0.231 e. The zero-order valence-corrected chi connectivity index (χ0v) is 11.9. The highest BCUT2D eigenvalue weighted by Gasteiger charge is 2.27. The molecule has 21 heavy (non-hydrogen) atoms. The summed E-state index contributed by atoms with van der Waals surface area (Å²) in [6, 6.07) is 7.64. The van der Waals surface area contributed by atoms with Gasteiger partial charge in [-0.05, 0) is 17.7 Å². The second-order valence-electron chi connectivity index (χ2n) is 5.19. The lowest BCUT2D eigenvalue weighted by Gasteiger charge is -2.36. The highest BCUT2D eigenvalue weighted by Crippen LogP contribution is 2.35. The average Bonchev–Trinajstić information content (AvgIpc) is 2.96. The van der Waals surface area contributed by atoms with E-state index in [-0.39, 0.29) is 18.7 Å². The number of nitriles is 1. The third-order valence-electron chi connectivity index (χ3n) is 3.96. The molecule has 0 aromatic heterocycles. The second kappa shape index (κ2) is 5.62.